The standard InChI is InChI=1S/C43H76N2O15/c1-16-30-43(10,52)36(48)27(6)45(13)22-23(2)20-41(8,51)38(60-40-35(29(44(11)12)19-24(3)55-40)58-32(47)18-17-31(46)53-14)25(4)34(26(5)39(50)57-30)59-33-21-42(9,54-15)37(49)28(7)56-33/h17-18,23-30,33-38,40,48-49,51-52H,16,19-22H2,1-15H3/b18-17+/t23-,24-,25+,26-,27-,28-,29+,30-,33-,34+,35-,36-,37-,38-,40+,41?,42+,43-/m0/s1. The monoisotopic (exact) mass is 861 g/mol. The van der Waals surface area contributed by atoms with Gasteiger partial charge in [-0.25, -0.2) is 9.59 Å². The Morgan fingerprint density at radius 3 is 2.10 bits per heavy atom. The van der Waals surface area contributed by atoms with Gasteiger partial charge in [0.1, 0.15) is 23.9 Å². The first-order chi connectivity index (χ1) is 27.7. The highest BCUT2D eigenvalue weighted by Gasteiger charge is 2.53. The molecule has 0 aromatic carbocycles. The molecule has 18 atom stereocenters. The summed E-state index contributed by atoms with van der Waals surface area (Å²) < 4.78 is 48.7. The van der Waals surface area contributed by atoms with Gasteiger partial charge in [-0.05, 0) is 94.8 Å². The van der Waals surface area contributed by atoms with E-state index in [1.807, 2.05) is 44.8 Å². The summed E-state index contributed by atoms with van der Waals surface area (Å²) in [6.07, 6.45) is -7.42. The van der Waals surface area contributed by atoms with Gasteiger partial charge in [-0.1, -0.05) is 20.8 Å². The molecule has 348 valence electrons. The third-order valence-corrected chi connectivity index (χ3v) is 13.0. The highest BCUT2D eigenvalue weighted by molar-refractivity contribution is 5.91. The molecule has 60 heavy (non-hydrogen) atoms. The number of nitrogens with zero attached hydrogens (tertiary/aromatic N) is 2. The maximum Gasteiger partial charge on any atom is 0.331 e. The molecule has 0 bridgehead atoms. The number of carbonyl (C=O) groups is 3. The lowest BCUT2D eigenvalue weighted by atomic mass is 9.77. The first-order valence-corrected chi connectivity index (χ1v) is 21.3. The van der Waals surface area contributed by atoms with Crippen LogP contribution in [0.3, 0.4) is 0 Å². The largest absolute Gasteiger partial charge is 0.466 e. The fourth-order valence-electron chi connectivity index (χ4n) is 9.23. The second-order valence-corrected chi connectivity index (χ2v) is 18.4. The summed E-state index contributed by atoms with van der Waals surface area (Å²) in [5, 5.41) is 47.2. The van der Waals surface area contributed by atoms with Crippen LogP contribution < -0.4 is 0 Å². The van der Waals surface area contributed by atoms with Crippen molar-refractivity contribution in [1.82, 2.24) is 9.80 Å². The Labute approximate surface area is 356 Å². The second-order valence-electron chi connectivity index (χ2n) is 18.4. The van der Waals surface area contributed by atoms with Crippen LogP contribution in [0, 0.1) is 17.8 Å². The van der Waals surface area contributed by atoms with E-state index >= 15 is 0 Å². The molecular formula is C43H76N2O15. The van der Waals surface area contributed by atoms with E-state index in [9.17, 15) is 34.8 Å². The fourth-order valence-corrected chi connectivity index (χ4v) is 9.23. The average Bonchev–Trinajstić information content (AvgIpc) is 3.17. The van der Waals surface area contributed by atoms with E-state index in [1.54, 1.807) is 48.5 Å². The van der Waals surface area contributed by atoms with Gasteiger partial charge in [-0.3, -0.25) is 4.79 Å². The molecule has 3 aliphatic heterocycles. The SMILES string of the molecule is CC[C@@H]1OC(=O)[C@@H](C)[C@H](O[C@H]2C[C@@](C)(OC)[C@@H](O)[C@H](C)O2)[C@@H](C)[C@H](O[C@H]2O[C@@H](C)C[C@@H](N(C)C)[C@@H]2OC(=O)/C=C/C(=O)OC)C(C)(O)C[C@H](C)CN(C)[C@@H](C)[C@H](O)[C@@]1(C)O. The summed E-state index contributed by atoms with van der Waals surface area (Å²) in [4.78, 5) is 43.2. The molecule has 0 saturated carbocycles. The van der Waals surface area contributed by atoms with Gasteiger partial charge in [-0.15, -0.1) is 0 Å². The van der Waals surface area contributed by atoms with E-state index in [-0.39, 0.29) is 31.3 Å². The van der Waals surface area contributed by atoms with Crippen LogP contribution in [-0.2, 0) is 52.3 Å². The first kappa shape index (κ1) is 52.1. The smallest absolute Gasteiger partial charge is 0.331 e. The minimum absolute atomic E-state index is 0.0759. The van der Waals surface area contributed by atoms with Crippen molar-refractivity contribution in [3.05, 3.63) is 12.2 Å². The number of rotatable bonds is 10. The van der Waals surface area contributed by atoms with E-state index in [1.165, 1.54) is 21.1 Å². The van der Waals surface area contributed by atoms with Crippen molar-refractivity contribution < 1.29 is 72.7 Å². The second kappa shape index (κ2) is 21.4. The zero-order valence-corrected chi connectivity index (χ0v) is 38.5. The van der Waals surface area contributed by atoms with Crippen molar-refractivity contribution in [2.24, 2.45) is 17.8 Å². The average molecular weight is 861 g/mol. The van der Waals surface area contributed by atoms with Crippen LogP contribution in [0.2, 0.25) is 0 Å². The van der Waals surface area contributed by atoms with Gasteiger partial charge in [0.15, 0.2) is 18.7 Å². The normalized spacial score (nSPS) is 44.5. The van der Waals surface area contributed by atoms with E-state index < -0.39 is 114 Å². The molecular weight excluding hydrogens is 784 g/mol. The Balaban J connectivity index is 2.24. The lowest BCUT2D eigenvalue weighted by Crippen LogP contribution is -2.61. The Kier molecular flexibility index (Phi) is 18.6. The zero-order chi connectivity index (χ0) is 45.7. The number of aliphatic hydroxyl groups is 4. The molecule has 0 aromatic heterocycles. The van der Waals surface area contributed by atoms with Gasteiger partial charge in [-0.2, -0.15) is 0 Å². The van der Waals surface area contributed by atoms with E-state index in [2.05, 4.69) is 4.74 Å². The molecule has 0 aliphatic carbocycles. The Bertz CT molecular complexity index is 1440. The van der Waals surface area contributed by atoms with Gasteiger partial charge in [0.25, 0.3) is 0 Å². The molecule has 1 unspecified atom stereocenters. The third-order valence-electron chi connectivity index (χ3n) is 13.0. The van der Waals surface area contributed by atoms with Crippen LogP contribution in [0.5, 0.6) is 0 Å². The number of likely N-dealkylation sites (N-methyl/N-ethyl adjacent to an activating group) is 2. The van der Waals surface area contributed by atoms with Gasteiger partial charge in [0.05, 0.1) is 54.7 Å². The summed E-state index contributed by atoms with van der Waals surface area (Å²) in [6, 6.07) is -1.02. The predicted octanol–water partition coefficient (Wildman–Crippen LogP) is 2.18. The van der Waals surface area contributed by atoms with Crippen molar-refractivity contribution in [2.45, 2.75) is 185 Å². The number of cyclic esters (lactones) is 1. The number of ether oxygens (including phenoxy) is 8. The molecule has 3 rings (SSSR count). The maximum absolute atomic E-state index is 14.4. The molecule has 0 amide bonds. The van der Waals surface area contributed by atoms with Crippen LogP contribution in [0.4, 0.5) is 0 Å². The molecule has 0 aromatic rings. The summed E-state index contributed by atoms with van der Waals surface area (Å²) >= 11 is 0. The quantitative estimate of drug-likeness (QED) is 0.141. The zero-order valence-electron chi connectivity index (χ0n) is 38.5. The molecule has 0 spiro atoms. The summed E-state index contributed by atoms with van der Waals surface area (Å²) in [5.41, 5.74) is -4.61. The van der Waals surface area contributed by atoms with E-state index in [0.717, 1.165) is 12.2 Å². The van der Waals surface area contributed by atoms with Gasteiger partial charge in [0.2, 0.25) is 0 Å². The number of carbonyl (C=O) groups excluding carboxylic acids is 3. The number of hydrogen-bond acceptors (Lipinski definition) is 17. The minimum Gasteiger partial charge on any atom is -0.466 e. The van der Waals surface area contributed by atoms with Gasteiger partial charge in [0, 0.05) is 44.2 Å². The molecule has 4 N–H and O–H groups in total. The van der Waals surface area contributed by atoms with Gasteiger partial charge >= 0.3 is 17.9 Å². The van der Waals surface area contributed by atoms with E-state index in [4.69, 9.17) is 33.2 Å². The van der Waals surface area contributed by atoms with Crippen LogP contribution in [-0.4, -0.2) is 180 Å². The summed E-state index contributed by atoms with van der Waals surface area (Å²) in [6.45, 7) is 17.6. The van der Waals surface area contributed by atoms with Crippen molar-refractivity contribution in [1.29, 1.82) is 0 Å². The molecule has 3 fully saturated rings. The lowest BCUT2D eigenvalue weighted by Gasteiger charge is -2.49. The lowest BCUT2D eigenvalue weighted by molar-refractivity contribution is -0.318. The summed E-state index contributed by atoms with van der Waals surface area (Å²) in [7, 11) is 8.14. The Morgan fingerprint density at radius 1 is 0.917 bits per heavy atom. The Hall–Kier alpha value is -2.29. The Morgan fingerprint density at radius 2 is 1.53 bits per heavy atom. The number of hydrogen-bond donors (Lipinski definition) is 4. The molecule has 0 radical (unpaired) electrons. The molecule has 3 saturated heterocycles. The van der Waals surface area contributed by atoms with Crippen LogP contribution in [0.15, 0.2) is 12.2 Å². The van der Waals surface area contributed by atoms with Crippen molar-refractivity contribution in [2.75, 3.05) is 41.9 Å². The molecule has 3 heterocycles. The number of esters is 3. The van der Waals surface area contributed by atoms with E-state index in [0.29, 0.717) is 13.0 Å². The third kappa shape index (κ3) is 12.5. The topological polar surface area (TPSA) is 212 Å². The van der Waals surface area contributed by atoms with Crippen molar-refractivity contribution >= 4 is 17.9 Å². The van der Waals surface area contributed by atoms with Crippen LogP contribution in [0.25, 0.3) is 0 Å². The molecule has 17 nitrogen and oxygen atoms in total. The first-order valence-electron chi connectivity index (χ1n) is 21.3. The fraction of sp³-hybridized carbons (Fsp3) is 0.884. The predicted molar refractivity (Wildman–Crippen MR) is 219 cm³/mol. The van der Waals surface area contributed by atoms with Crippen LogP contribution in [0.1, 0.15) is 94.9 Å². The van der Waals surface area contributed by atoms with Crippen molar-refractivity contribution in [3.8, 4) is 0 Å². The number of methoxy groups -OCH3 is 2. The number of aliphatic hydroxyl groups excluding tert-OH is 2. The molecule has 17 heteroatoms. The summed E-state index contributed by atoms with van der Waals surface area (Å²) in [5.74, 6) is -4.52. The van der Waals surface area contributed by atoms with Crippen molar-refractivity contribution in [3.63, 3.8) is 0 Å². The highest BCUT2D eigenvalue weighted by Crippen LogP contribution is 2.40. The molecule has 3 aliphatic rings. The maximum atomic E-state index is 14.4. The van der Waals surface area contributed by atoms with Crippen LogP contribution >= 0.6 is 0 Å². The minimum atomic E-state index is -1.85. The highest BCUT2D eigenvalue weighted by atomic mass is 16.7. The van der Waals surface area contributed by atoms with Gasteiger partial charge < -0.3 is 68.1 Å².